The molecule has 1 unspecified atom stereocenters. The molecule has 0 bridgehead atoms. The van der Waals surface area contributed by atoms with Gasteiger partial charge < -0.3 is 15.0 Å². The summed E-state index contributed by atoms with van der Waals surface area (Å²) < 4.78 is 5.44. The maximum atomic E-state index is 13.4. The van der Waals surface area contributed by atoms with Gasteiger partial charge in [0.2, 0.25) is 5.91 Å². The maximum Gasteiger partial charge on any atom is 0.247 e. The van der Waals surface area contributed by atoms with Crippen LogP contribution in [-0.2, 0) is 4.79 Å². The predicted molar refractivity (Wildman–Crippen MR) is 129 cm³/mol. The van der Waals surface area contributed by atoms with Crippen molar-refractivity contribution in [2.45, 2.75) is 25.8 Å². The minimum atomic E-state index is -0.334. The van der Waals surface area contributed by atoms with E-state index < -0.39 is 0 Å². The molecule has 2 aromatic carbocycles. The second-order valence-electron chi connectivity index (χ2n) is 8.17. The van der Waals surface area contributed by atoms with Crippen LogP contribution < -0.4 is 15.0 Å². The van der Waals surface area contributed by atoms with Gasteiger partial charge in [0, 0.05) is 29.9 Å². The fourth-order valence-corrected chi connectivity index (χ4v) is 4.34. The van der Waals surface area contributed by atoms with E-state index in [2.05, 4.69) is 15.2 Å². The molecule has 1 saturated heterocycles. The summed E-state index contributed by atoms with van der Waals surface area (Å²) in [6.07, 6.45) is 5.12. The summed E-state index contributed by atoms with van der Waals surface area (Å²) in [4.78, 5) is 29.3. The predicted octanol–water partition coefficient (Wildman–Crippen LogP) is 4.62. The van der Waals surface area contributed by atoms with Crippen LogP contribution in [0.25, 0.3) is 22.3 Å². The summed E-state index contributed by atoms with van der Waals surface area (Å²) >= 11 is 0. The lowest BCUT2D eigenvalue weighted by atomic mass is 10.1. The normalized spacial score (nSPS) is 15.6. The molecule has 166 valence electrons. The molecule has 33 heavy (non-hydrogen) atoms. The molecule has 0 spiro atoms. The highest BCUT2D eigenvalue weighted by Gasteiger charge is 2.33. The number of hydrogen-bond acceptors (Lipinski definition) is 6. The Kier molecular flexibility index (Phi) is 5.60. The lowest BCUT2D eigenvalue weighted by Crippen LogP contribution is -2.40. The molecular weight excluding hydrogens is 414 g/mol. The zero-order valence-corrected chi connectivity index (χ0v) is 18.7. The number of aryl methyl sites for hydroxylation is 1. The van der Waals surface area contributed by atoms with E-state index in [4.69, 9.17) is 14.7 Å². The Bertz CT molecular complexity index is 1310. The first-order chi connectivity index (χ1) is 16.1. The van der Waals surface area contributed by atoms with Gasteiger partial charge in [0.25, 0.3) is 0 Å². The number of nitrogens with one attached hydrogen (secondary N) is 1. The van der Waals surface area contributed by atoms with Gasteiger partial charge >= 0.3 is 0 Å². The first-order valence-corrected chi connectivity index (χ1v) is 11.0. The largest absolute Gasteiger partial charge is 0.495 e. The fraction of sp³-hybridized carbons (Fsp3) is 0.231. The number of anilines is 2. The zero-order chi connectivity index (χ0) is 22.8. The molecule has 1 aliphatic heterocycles. The van der Waals surface area contributed by atoms with Gasteiger partial charge in [0.15, 0.2) is 5.82 Å². The summed E-state index contributed by atoms with van der Waals surface area (Å²) in [6, 6.07) is 17.2. The Labute approximate surface area is 192 Å². The number of carbonyl (C=O) groups is 1. The van der Waals surface area contributed by atoms with Crippen LogP contribution in [0.5, 0.6) is 5.75 Å². The molecule has 1 atom stereocenters. The second-order valence-corrected chi connectivity index (χ2v) is 8.17. The number of pyridine rings is 1. The summed E-state index contributed by atoms with van der Waals surface area (Å²) in [5, 5.41) is 4.01. The molecule has 2 aromatic heterocycles. The van der Waals surface area contributed by atoms with Gasteiger partial charge in [-0.05, 0) is 61.7 Å². The van der Waals surface area contributed by atoms with Crippen molar-refractivity contribution < 1.29 is 9.53 Å². The van der Waals surface area contributed by atoms with Crippen molar-refractivity contribution in [1.82, 2.24) is 15.0 Å². The van der Waals surface area contributed by atoms with E-state index in [-0.39, 0.29) is 11.9 Å². The van der Waals surface area contributed by atoms with Crippen molar-refractivity contribution in [2.75, 3.05) is 23.9 Å². The number of ether oxygens (including phenoxy) is 1. The van der Waals surface area contributed by atoms with E-state index >= 15 is 0 Å². The topological polar surface area (TPSA) is 80.2 Å². The molecule has 1 amide bonds. The van der Waals surface area contributed by atoms with Gasteiger partial charge in [-0.3, -0.25) is 9.78 Å². The lowest BCUT2D eigenvalue weighted by Gasteiger charge is -2.26. The molecule has 1 aliphatic rings. The van der Waals surface area contributed by atoms with E-state index in [0.717, 1.165) is 47.2 Å². The third kappa shape index (κ3) is 4.09. The smallest absolute Gasteiger partial charge is 0.247 e. The Balaban J connectivity index is 1.53. The maximum absolute atomic E-state index is 13.4. The zero-order valence-electron chi connectivity index (χ0n) is 18.7. The number of para-hydroxylation sites is 1. The standard InChI is InChI=1S/C26H25N5O2/c1-17-9-10-23(33-2)21(16-17)29-26(32)22-8-5-15-31(22)25-19-6-3-4-7-20(19)28-24(30-25)18-11-13-27-14-12-18/h3-4,6-7,9-14,16,22H,5,8,15H2,1-2H3,(H,29,32). The van der Waals surface area contributed by atoms with Crippen molar-refractivity contribution in [1.29, 1.82) is 0 Å². The Morgan fingerprint density at radius 2 is 1.91 bits per heavy atom. The summed E-state index contributed by atoms with van der Waals surface area (Å²) in [5.74, 6) is 1.98. The third-order valence-electron chi connectivity index (χ3n) is 5.96. The van der Waals surface area contributed by atoms with Crippen LogP contribution in [0.3, 0.4) is 0 Å². The molecule has 1 N–H and O–H groups in total. The molecule has 4 aromatic rings. The Morgan fingerprint density at radius 1 is 1.09 bits per heavy atom. The van der Waals surface area contributed by atoms with Crippen LogP contribution in [0.1, 0.15) is 18.4 Å². The molecular formula is C26H25N5O2. The minimum absolute atomic E-state index is 0.0652. The summed E-state index contributed by atoms with van der Waals surface area (Å²) in [5.41, 5.74) is 3.47. The molecule has 0 radical (unpaired) electrons. The average Bonchev–Trinajstić information content (AvgIpc) is 3.34. The van der Waals surface area contributed by atoms with E-state index in [9.17, 15) is 4.79 Å². The van der Waals surface area contributed by atoms with Crippen molar-refractivity contribution in [3.05, 3.63) is 72.6 Å². The van der Waals surface area contributed by atoms with Crippen LogP contribution >= 0.6 is 0 Å². The first kappa shape index (κ1) is 20.9. The van der Waals surface area contributed by atoms with Gasteiger partial charge in [-0.25, -0.2) is 9.97 Å². The first-order valence-electron chi connectivity index (χ1n) is 11.0. The van der Waals surface area contributed by atoms with Gasteiger partial charge in [-0.15, -0.1) is 0 Å². The lowest BCUT2D eigenvalue weighted by molar-refractivity contribution is -0.117. The van der Waals surface area contributed by atoms with Gasteiger partial charge in [-0.2, -0.15) is 0 Å². The van der Waals surface area contributed by atoms with Crippen molar-refractivity contribution in [3.63, 3.8) is 0 Å². The number of hydrogen-bond donors (Lipinski definition) is 1. The van der Waals surface area contributed by atoms with Crippen molar-refractivity contribution in [3.8, 4) is 17.1 Å². The van der Waals surface area contributed by atoms with Crippen molar-refractivity contribution >= 4 is 28.3 Å². The molecule has 0 aliphatic carbocycles. The van der Waals surface area contributed by atoms with Crippen LogP contribution in [0.2, 0.25) is 0 Å². The highest BCUT2D eigenvalue weighted by Crippen LogP contribution is 2.33. The number of amides is 1. The number of benzene rings is 2. The van der Waals surface area contributed by atoms with Gasteiger partial charge in [0.05, 0.1) is 18.3 Å². The molecule has 1 fully saturated rings. The Morgan fingerprint density at radius 3 is 2.73 bits per heavy atom. The van der Waals surface area contributed by atoms with Gasteiger partial charge in [-0.1, -0.05) is 18.2 Å². The van der Waals surface area contributed by atoms with Crippen LogP contribution in [0.15, 0.2) is 67.0 Å². The van der Waals surface area contributed by atoms with Crippen LogP contribution in [0, 0.1) is 6.92 Å². The number of rotatable bonds is 5. The molecule has 0 saturated carbocycles. The Hall–Kier alpha value is -4.00. The molecule has 5 rings (SSSR count). The summed E-state index contributed by atoms with van der Waals surface area (Å²) in [7, 11) is 1.61. The van der Waals surface area contributed by atoms with E-state index in [1.54, 1.807) is 19.5 Å². The monoisotopic (exact) mass is 439 g/mol. The number of carbonyl (C=O) groups excluding carboxylic acids is 1. The number of aromatic nitrogens is 3. The van der Waals surface area contributed by atoms with E-state index in [0.29, 0.717) is 17.3 Å². The molecule has 7 nitrogen and oxygen atoms in total. The number of methoxy groups -OCH3 is 1. The van der Waals surface area contributed by atoms with E-state index in [1.165, 1.54) is 0 Å². The average molecular weight is 440 g/mol. The van der Waals surface area contributed by atoms with E-state index in [1.807, 2.05) is 61.5 Å². The van der Waals surface area contributed by atoms with Gasteiger partial charge in [0.1, 0.15) is 17.6 Å². The minimum Gasteiger partial charge on any atom is -0.495 e. The highest BCUT2D eigenvalue weighted by molar-refractivity contribution is 6.00. The van der Waals surface area contributed by atoms with Crippen LogP contribution in [0.4, 0.5) is 11.5 Å². The third-order valence-corrected chi connectivity index (χ3v) is 5.96. The highest BCUT2D eigenvalue weighted by atomic mass is 16.5. The molecule has 7 heteroatoms. The summed E-state index contributed by atoms with van der Waals surface area (Å²) in [6.45, 7) is 2.74. The quantitative estimate of drug-likeness (QED) is 0.489. The SMILES string of the molecule is COc1ccc(C)cc1NC(=O)C1CCCN1c1nc(-c2ccncc2)nc2ccccc12. The molecule has 3 heterocycles. The number of nitrogens with zero attached hydrogens (tertiary/aromatic N) is 4. The fourth-order valence-electron chi connectivity index (χ4n) is 4.34. The second kappa shape index (κ2) is 8.86. The van der Waals surface area contributed by atoms with Crippen LogP contribution in [-0.4, -0.2) is 40.6 Å². The van der Waals surface area contributed by atoms with Crippen molar-refractivity contribution in [2.24, 2.45) is 0 Å². The number of fused-ring (bicyclic) bond motifs is 1.